The van der Waals surface area contributed by atoms with Crippen LogP contribution >= 0.6 is 11.6 Å². The summed E-state index contributed by atoms with van der Waals surface area (Å²) in [4.78, 5) is 21.7. The first-order chi connectivity index (χ1) is 9.92. The quantitative estimate of drug-likeness (QED) is 0.800. The van der Waals surface area contributed by atoms with Crippen LogP contribution in [0.1, 0.15) is 26.7 Å². The van der Waals surface area contributed by atoms with E-state index in [1.807, 2.05) is 13.8 Å². The van der Waals surface area contributed by atoms with Crippen molar-refractivity contribution in [1.82, 2.24) is 14.9 Å². The van der Waals surface area contributed by atoms with Crippen molar-refractivity contribution in [2.75, 3.05) is 19.0 Å². The molecule has 7 heteroatoms. The summed E-state index contributed by atoms with van der Waals surface area (Å²) in [5, 5.41) is 0. The molecule has 2 heterocycles. The zero-order valence-electron chi connectivity index (χ0n) is 12.2. The van der Waals surface area contributed by atoms with Crippen LogP contribution in [0.25, 0.3) is 0 Å². The molecule has 0 N–H and O–H groups in total. The second kappa shape index (κ2) is 6.56. The molecule has 21 heavy (non-hydrogen) atoms. The Kier molecular flexibility index (Phi) is 4.98. The van der Waals surface area contributed by atoms with Gasteiger partial charge in [0.1, 0.15) is 6.10 Å². The van der Waals surface area contributed by atoms with Gasteiger partial charge in [0.2, 0.25) is 5.91 Å². The number of halogens is 2. The lowest BCUT2D eigenvalue weighted by Crippen LogP contribution is -2.49. The number of amides is 1. The molecule has 1 aromatic heterocycles. The monoisotopic (exact) mass is 315 g/mol. The van der Waals surface area contributed by atoms with Crippen LogP contribution < -0.4 is 4.74 Å². The van der Waals surface area contributed by atoms with E-state index in [-0.39, 0.29) is 23.9 Å². The Morgan fingerprint density at radius 2 is 2.19 bits per heavy atom. The highest BCUT2D eigenvalue weighted by molar-refractivity contribution is 6.19. The van der Waals surface area contributed by atoms with E-state index in [1.54, 1.807) is 4.90 Å². The molecule has 0 radical (unpaired) electrons. The van der Waals surface area contributed by atoms with E-state index in [2.05, 4.69) is 9.97 Å². The Balaban J connectivity index is 1.97. The van der Waals surface area contributed by atoms with Crippen LogP contribution in [0.15, 0.2) is 12.4 Å². The maximum Gasteiger partial charge on any atom is 0.316 e. The van der Waals surface area contributed by atoms with E-state index < -0.39 is 11.2 Å². The standard InChI is InChI=1S/C14H19ClFN3O2/c1-14(2,9-15)12(20)19-5-3-4-11(8-19)21-13-17-6-10(16)7-18-13/h6-7,11H,3-5,8-9H2,1-2H3. The van der Waals surface area contributed by atoms with Crippen LogP contribution in [0.5, 0.6) is 6.01 Å². The topological polar surface area (TPSA) is 55.3 Å². The van der Waals surface area contributed by atoms with Gasteiger partial charge in [-0.15, -0.1) is 11.6 Å². The molecule has 1 atom stereocenters. The van der Waals surface area contributed by atoms with Gasteiger partial charge in [-0.25, -0.2) is 14.4 Å². The lowest BCUT2D eigenvalue weighted by Gasteiger charge is -2.36. The molecule has 1 unspecified atom stereocenters. The number of likely N-dealkylation sites (tertiary alicyclic amines) is 1. The van der Waals surface area contributed by atoms with Gasteiger partial charge in [0, 0.05) is 12.4 Å². The molecule has 0 aromatic carbocycles. The largest absolute Gasteiger partial charge is 0.458 e. The highest BCUT2D eigenvalue weighted by atomic mass is 35.5. The summed E-state index contributed by atoms with van der Waals surface area (Å²) >= 11 is 5.85. The average Bonchev–Trinajstić information content (AvgIpc) is 2.49. The average molecular weight is 316 g/mol. The Hall–Kier alpha value is -1.43. The third-order valence-electron chi connectivity index (χ3n) is 3.45. The van der Waals surface area contributed by atoms with Crippen LogP contribution in [-0.2, 0) is 4.79 Å². The van der Waals surface area contributed by atoms with Crippen LogP contribution in [0.3, 0.4) is 0 Å². The number of hydrogen-bond donors (Lipinski definition) is 0. The van der Waals surface area contributed by atoms with E-state index in [4.69, 9.17) is 16.3 Å². The van der Waals surface area contributed by atoms with Gasteiger partial charge >= 0.3 is 6.01 Å². The first-order valence-electron chi connectivity index (χ1n) is 6.92. The Morgan fingerprint density at radius 3 is 2.81 bits per heavy atom. The molecule has 1 aliphatic rings. The Morgan fingerprint density at radius 1 is 1.52 bits per heavy atom. The molecule has 1 fully saturated rings. The minimum Gasteiger partial charge on any atom is -0.458 e. The number of nitrogens with zero attached hydrogens (tertiary/aromatic N) is 3. The number of carbonyl (C=O) groups excluding carboxylic acids is 1. The lowest BCUT2D eigenvalue weighted by molar-refractivity contribution is -0.142. The van der Waals surface area contributed by atoms with E-state index in [1.165, 1.54) is 0 Å². The fourth-order valence-electron chi connectivity index (χ4n) is 2.21. The van der Waals surface area contributed by atoms with Crippen molar-refractivity contribution in [2.45, 2.75) is 32.8 Å². The van der Waals surface area contributed by atoms with Crippen LogP contribution in [-0.4, -0.2) is 45.8 Å². The van der Waals surface area contributed by atoms with Gasteiger partial charge in [0.05, 0.1) is 24.4 Å². The van der Waals surface area contributed by atoms with Gasteiger partial charge in [-0.2, -0.15) is 0 Å². The third kappa shape index (κ3) is 4.03. The molecule has 0 bridgehead atoms. The highest BCUT2D eigenvalue weighted by Gasteiger charge is 2.34. The van der Waals surface area contributed by atoms with Crippen molar-refractivity contribution in [3.63, 3.8) is 0 Å². The highest BCUT2D eigenvalue weighted by Crippen LogP contribution is 2.24. The predicted molar refractivity (Wildman–Crippen MR) is 76.7 cm³/mol. The van der Waals surface area contributed by atoms with Crippen LogP contribution in [0.4, 0.5) is 4.39 Å². The van der Waals surface area contributed by atoms with Crippen molar-refractivity contribution < 1.29 is 13.9 Å². The third-order valence-corrected chi connectivity index (χ3v) is 4.12. The summed E-state index contributed by atoms with van der Waals surface area (Å²) in [6, 6.07) is 0.132. The lowest BCUT2D eigenvalue weighted by atomic mass is 9.93. The zero-order valence-corrected chi connectivity index (χ0v) is 12.9. The molecule has 0 aliphatic carbocycles. The SMILES string of the molecule is CC(C)(CCl)C(=O)N1CCCC(Oc2ncc(F)cn2)C1. The van der Waals surface area contributed by atoms with Crippen LogP contribution in [0, 0.1) is 11.2 Å². The zero-order chi connectivity index (χ0) is 15.5. The molecular formula is C14H19ClFN3O2. The normalized spacial score (nSPS) is 19.4. The van der Waals surface area contributed by atoms with Gasteiger partial charge in [-0.05, 0) is 26.7 Å². The van der Waals surface area contributed by atoms with Crippen molar-refractivity contribution >= 4 is 17.5 Å². The summed E-state index contributed by atoms with van der Waals surface area (Å²) in [5.74, 6) is -0.216. The number of alkyl halides is 1. The molecule has 116 valence electrons. The van der Waals surface area contributed by atoms with Crippen molar-refractivity contribution in [1.29, 1.82) is 0 Å². The Bertz CT molecular complexity index is 495. The van der Waals surface area contributed by atoms with E-state index in [0.717, 1.165) is 25.2 Å². The molecule has 2 rings (SSSR count). The fourth-order valence-corrected chi connectivity index (χ4v) is 2.33. The van der Waals surface area contributed by atoms with E-state index in [0.29, 0.717) is 13.1 Å². The summed E-state index contributed by atoms with van der Waals surface area (Å²) in [6.45, 7) is 4.83. The fraction of sp³-hybridized carbons (Fsp3) is 0.643. The van der Waals surface area contributed by atoms with Crippen LogP contribution in [0.2, 0.25) is 0 Å². The van der Waals surface area contributed by atoms with E-state index in [9.17, 15) is 9.18 Å². The molecule has 0 spiro atoms. The first-order valence-corrected chi connectivity index (χ1v) is 7.45. The maximum atomic E-state index is 12.8. The number of piperidine rings is 1. The maximum absolute atomic E-state index is 12.8. The van der Waals surface area contributed by atoms with E-state index >= 15 is 0 Å². The predicted octanol–water partition coefficient (Wildman–Crippen LogP) is 2.25. The minimum atomic E-state index is -0.587. The summed E-state index contributed by atoms with van der Waals surface area (Å²) in [6.07, 6.45) is 3.59. The smallest absolute Gasteiger partial charge is 0.316 e. The number of ether oxygens (including phenoxy) is 1. The summed E-state index contributed by atoms with van der Waals surface area (Å²) in [5.41, 5.74) is -0.587. The van der Waals surface area contributed by atoms with Crippen molar-refractivity contribution in [3.05, 3.63) is 18.2 Å². The van der Waals surface area contributed by atoms with Crippen molar-refractivity contribution in [2.24, 2.45) is 5.41 Å². The molecule has 0 saturated carbocycles. The second-order valence-corrected chi connectivity index (χ2v) is 6.10. The molecular weight excluding hydrogens is 297 g/mol. The number of rotatable bonds is 4. The summed E-state index contributed by atoms with van der Waals surface area (Å²) < 4.78 is 18.4. The second-order valence-electron chi connectivity index (χ2n) is 5.83. The molecule has 1 aromatic rings. The van der Waals surface area contributed by atoms with Gasteiger partial charge in [0.25, 0.3) is 0 Å². The van der Waals surface area contributed by atoms with Gasteiger partial charge < -0.3 is 9.64 Å². The van der Waals surface area contributed by atoms with Gasteiger partial charge in [-0.1, -0.05) is 0 Å². The molecule has 1 saturated heterocycles. The van der Waals surface area contributed by atoms with Gasteiger partial charge in [-0.3, -0.25) is 4.79 Å². The minimum absolute atomic E-state index is 0.0193. The number of hydrogen-bond acceptors (Lipinski definition) is 4. The Labute approximate surface area is 128 Å². The number of aromatic nitrogens is 2. The number of carbonyl (C=O) groups is 1. The molecule has 1 aliphatic heterocycles. The van der Waals surface area contributed by atoms with Gasteiger partial charge in [0.15, 0.2) is 5.82 Å². The first kappa shape index (κ1) is 15.9. The molecule has 1 amide bonds. The van der Waals surface area contributed by atoms with Crippen molar-refractivity contribution in [3.8, 4) is 6.01 Å². The summed E-state index contributed by atoms with van der Waals surface area (Å²) in [7, 11) is 0. The molecule has 5 nitrogen and oxygen atoms in total.